The van der Waals surface area contributed by atoms with Crippen molar-refractivity contribution in [2.75, 3.05) is 13.2 Å². The van der Waals surface area contributed by atoms with Gasteiger partial charge in [0.15, 0.2) is 0 Å². The molecule has 0 saturated heterocycles. The van der Waals surface area contributed by atoms with E-state index in [4.69, 9.17) is 9.47 Å². The van der Waals surface area contributed by atoms with Crippen LogP contribution in [0.3, 0.4) is 0 Å². The molecule has 0 aliphatic carbocycles. The molecule has 0 aromatic heterocycles. The van der Waals surface area contributed by atoms with Crippen LogP contribution in [0.1, 0.15) is 60.2 Å². The molecular weight excluding hydrogens is 304 g/mol. The fraction of sp³-hybridized carbons (Fsp3) is 0.400. The first-order chi connectivity index (χ1) is 11.4. The van der Waals surface area contributed by atoms with Crippen LogP contribution in [0.2, 0.25) is 0 Å². The summed E-state index contributed by atoms with van der Waals surface area (Å²) in [5.41, 5.74) is 2.56. The van der Waals surface area contributed by atoms with Gasteiger partial charge < -0.3 is 9.47 Å². The first-order valence-electron chi connectivity index (χ1n) is 8.14. The number of allylic oxidation sites excluding steroid dienone is 2. The van der Waals surface area contributed by atoms with Crippen LogP contribution in [0, 0.1) is 0 Å². The van der Waals surface area contributed by atoms with Crippen LogP contribution in [0.5, 0.6) is 0 Å². The summed E-state index contributed by atoms with van der Waals surface area (Å²) in [4.78, 5) is 24.3. The third kappa shape index (κ3) is 7.27. The molecule has 1 aromatic carbocycles. The fourth-order valence-electron chi connectivity index (χ4n) is 2.07. The van der Waals surface area contributed by atoms with E-state index in [0.717, 1.165) is 24.0 Å². The molecule has 0 bridgehead atoms. The second kappa shape index (κ2) is 10.4. The number of benzene rings is 1. The van der Waals surface area contributed by atoms with Crippen LogP contribution in [0.25, 0.3) is 0 Å². The third-order valence-corrected chi connectivity index (χ3v) is 3.33. The van der Waals surface area contributed by atoms with Crippen LogP contribution in [-0.2, 0) is 9.47 Å². The minimum atomic E-state index is -0.508. The fourth-order valence-corrected chi connectivity index (χ4v) is 2.07. The maximum atomic E-state index is 12.2. The zero-order chi connectivity index (χ0) is 17.9. The number of carbonyl (C=O) groups is 2. The summed E-state index contributed by atoms with van der Waals surface area (Å²) in [5, 5.41) is 0. The van der Waals surface area contributed by atoms with Crippen LogP contribution in [0.15, 0.2) is 48.6 Å². The molecule has 0 aliphatic rings. The van der Waals surface area contributed by atoms with Crippen LogP contribution in [-0.4, -0.2) is 25.2 Å². The molecule has 4 nitrogen and oxygen atoms in total. The van der Waals surface area contributed by atoms with Gasteiger partial charge in [0, 0.05) is 0 Å². The Morgan fingerprint density at radius 3 is 1.54 bits per heavy atom. The van der Waals surface area contributed by atoms with Crippen molar-refractivity contribution in [1.82, 2.24) is 0 Å². The molecule has 130 valence electrons. The monoisotopic (exact) mass is 330 g/mol. The van der Waals surface area contributed by atoms with E-state index in [9.17, 15) is 9.59 Å². The zero-order valence-corrected chi connectivity index (χ0v) is 14.6. The number of ether oxygens (including phenoxy) is 2. The van der Waals surface area contributed by atoms with Crippen molar-refractivity contribution < 1.29 is 19.1 Å². The Morgan fingerprint density at radius 2 is 1.21 bits per heavy atom. The lowest BCUT2D eigenvalue weighted by atomic mass is 10.1. The maximum Gasteiger partial charge on any atom is 0.339 e. The molecule has 0 spiro atoms. The highest BCUT2D eigenvalue weighted by Crippen LogP contribution is 2.13. The molecule has 1 aromatic rings. The molecule has 0 unspecified atom stereocenters. The Kier molecular flexibility index (Phi) is 8.55. The molecule has 24 heavy (non-hydrogen) atoms. The molecule has 0 heterocycles. The maximum absolute atomic E-state index is 12.2. The minimum Gasteiger partial charge on any atom is -0.462 e. The van der Waals surface area contributed by atoms with E-state index >= 15 is 0 Å². The van der Waals surface area contributed by atoms with Gasteiger partial charge in [-0.2, -0.15) is 0 Å². The first-order valence-corrected chi connectivity index (χ1v) is 8.14. The SMILES string of the molecule is C=C(C)CCCOC(=O)c1ccccc1C(=O)OCCCC(=C)C. The van der Waals surface area contributed by atoms with Gasteiger partial charge in [-0.3, -0.25) is 0 Å². The van der Waals surface area contributed by atoms with E-state index in [1.54, 1.807) is 24.3 Å². The second-order valence-electron chi connectivity index (χ2n) is 5.94. The van der Waals surface area contributed by atoms with E-state index in [0.29, 0.717) is 26.1 Å². The van der Waals surface area contributed by atoms with Crippen LogP contribution >= 0.6 is 0 Å². The average Bonchev–Trinajstić information content (AvgIpc) is 2.54. The lowest BCUT2D eigenvalue weighted by Gasteiger charge is -2.10. The van der Waals surface area contributed by atoms with Gasteiger partial charge in [-0.15, -0.1) is 13.2 Å². The van der Waals surface area contributed by atoms with E-state index in [1.165, 1.54) is 0 Å². The number of carbonyl (C=O) groups excluding carboxylic acids is 2. The van der Waals surface area contributed by atoms with E-state index in [1.807, 2.05) is 13.8 Å². The molecule has 0 radical (unpaired) electrons. The highest BCUT2D eigenvalue weighted by Gasteiger charge is 2.18. The molecule has 0 N–H and O–H groups in total. The van der Waals surface area contributed by atoms with Gasteiger partial charge in [0.05, 0.1) is 24.3 Å². The van der Waals surface area contributed by atoms with Crippen molar-refractivity contribution in [1.29, 1.82) is 0 Å². The van der Waals surface area contributed by atoms with Crippen molar-refractivity contribution >= 4 is 11.9 Å². The molecular formula is C20H26O4. The second-order valence-corrected chi connectivity index (χ2v) is 5.94. The minimum absolute atomic E-state index is 0.234. The summed E-state index contributed by atoms with van der Waals surface area (Å²) in [6.07, 6.45) is 3.04. The summed E-state index contributed by atoms with van der Waals surface area (Å²) >= 11 is 0. The quantitative estimate of drug-likeness (QED) is 0.354. The van der Waals surface area contributed by atoms with Crippen LogP contribution in [0.4, 0.5) is 0 Å². The topological polar surface area (TPSA) is 52.6 Å². The van der Waals surface area contributed by atoms with Gasteiger partial charge in [-0.25, -0.2) is 9.59 Å². The first kappa shape index (κ1) is 19.7. The standard InChI is InChI=1S/C20H26O4/c1-15(2)9-7-13-23-19(21)17-11-5-6-12-18(17)20(22)24-14-8-10-16(3)4/h5-6,11-12H,1,3,7-10,13-14H2,2,4H3. The number of rotatable bonds is 10. The Hall–Kier alpha value is -2.36. The Labute approximate surface area is 144 Å². The molecule has 0 saturated carbocycles. The number of hydrogen-bond donors (Lipinski definition) is 0. The smallest absolute Gasteiger partial charge is 0.339 e. The van der Waals surface area contributed by atoms with Gasteiger partial charge in [-0.05, 0) is 51.7 Å². The Morgan fingerprint density at radius 1 is 0.833 bits per heavy atom. The normalized spacial score (nSPS) is 10.1. The van der Waals surface area contributed by atoms with Crippen LogP contribution < -0.4 is 0 Å². The summed E-state index contributed by atoms with van der Waals surface area (Å²) in [6, 6.07) is 6.54. The lowest BCUT2D eigenvalue weighted by molar-refractivity contribution is 0.0453. The summed E-state index contributed by atoms with van der Waals surface area (Å²) < 4.78 is 10.5. The molecule has 0 fully saturated rings. The van der Waals surface area contributed by atoms with Gasteiger partial charge in [-0.1, -0.05) is 23.3 Å². The average molecular weight is 330 g/mol. The van der Waals surface area contributed by atoms with Gasteiger partial charge >= 0.3 is 11.9 Å². The predicted octanol–water partition coefficient (Wildman–Crippen LogP) is 4.71. The summed E-state index contributed by atoms with van der Waals surface area (Å²) in [5.74, 6) is -1.02. The lowest BCUT2D eigenvalue weighted by Crippen LogP contribution is -2.15. The third-order valence-electron chi connectivity index (χ3n) is 3.33. The van der Waals surface area contributed by atoms with Crippen molar-refractivity contribution in [3.05, 3.63) is 59.7 Å². The van der Waals surface area contributed by atoms with Crippen molar-refractivity contribution in [2.24, 2.45) is 0 Å². The Balaban J connectivity index is 2.59. The molecule has 0 aliphatic heterocycles. The molecule has 1 rings (SSSR count). The van der Waals surface area contributed by atoms with Gasteiger partial charge in [0.25, 0.3) is 0 Å². The van der Waals surface area contributed by atoms with Gasteiger partial charge in [0.1, 0.15) is 0 Å². The van der Waals surface area contributed by atoms with Crippen molar-refractivity contribution in [2.45, 2.75) is 39.5 Å². The van der Waals surface area contributed by atoms with Crippen molar-refractivity contribution in [3.8, 4) is 0 Å². The van der Waals surface area contributed by atoms with E-state index < -0.39 is 11.9 Å². The number of esters is 2. The predicted molar refractivity (Wildman–Crippen MR) is 95.1 cm³/mol. The summed E-state index contributed by atoms with van der Waals surface area (Å²) in [7, 11) is 0. The number of hydrogen-bond acceptors (Lipinski definition) is 4. The Bertz CT molecular complexity index is 548. The van der Waals surface area contributed by atoms with Gasteiger partial charge in [0.2, 0.25) is 0 Å². The zero-order valence-electron chi connectivity index (χ0n) is 14.6. The highest BCUT2D eigenvalue weighted by molar-refractivity contribution is 6.03. The molecule has 0 atom stereocenters. The highest BCUT2D eigenvalue weighted by atomic mass is 16.5. The molecule has 0 amide bonds. The van der Waals surface area contributed by atoms with Crippen molar-refractivity contribution in [3.63, 3.8) is 0 Å². The van der Waals surface area contributed by atoms with E-state index in [-0.39, 0.29) is 11.1 Å². The molecule has 4 heteroatoms. The van der Waals surface area contributed by atoms with E-state index in [2.05, 4.69) is 13.2 Å². The summed E-state index contributed by atoms with van der Waals surface area (Å²) in [6.45, 7) is 12.1. The largest absolute Gasteiger partial charge is 0.462 e.